The molecule has 0 saturated carbocycles. The summed E-state index contributed by atoms with van der Waals surface area (Å²) in [5.74, 6) is 1.03. The maximum atomic E-state index is 13.2. The second kappa shape index (κ2) is 13.6. The Kier molecular flexibility index (Phi) is 9.61. The number of nitrogens with zero attached hydrogens (tertiary/aromatic N) is 3. The van der Waals surface area contributed by atoms with Gasteiger partial charge in [-0.05, 0) is 93.7 Å². The first-order chi connectivity index (χ1) is 20.7. The number of carbonyl (C=O) groups is 1. The van der Waals surface area contributed by atoms with Crippen LogP contribution in [-0.2, 0) is 17.8 Å². The number of hydrogen-bond acceptors (Lipinski definition) is 7. The molecule has 1 saturated heterocycles. The molecule has 1 aliphatic heterocycles. The van der Waals surface area contributed by atoms with Crippen molar-refractivity contribution in [2.24, 2.45) is 5.92 Å². The molecule has 0 spiro atoms. The van der Waals surface area contributed by atoms with Crippen LogP contribution in [-0.4, -0.2) is 46.3 Å². The van der Waals surface area contributed by atoms with Crippen molar-refractivity contribution in [3.63, 3.8) is 0 Å². The van der Waals surface area contributed by atoms with Crippen LogP contribution in [0.1, 0.15) is 74.0 Å². The van der Waals surface area contributed by atoms with Gasteiger partial charge in [-0.15, -0.1) is 0 Å². The molecule has 0 radical (unpaired) electrons. The van der Waals surface area contributed by atoms with Gasteiger partial charge in [0.25, 0.3) is 0 Å². The molecule has 0 atom stereocenters. The second-order valence-electron chi connectivity index (χ2n) is 12.5. The van der Waals surface area contributed by atoms with Crippen molar-refractivity contribution in [3.05, 3.63) is 95.1 Å². The number of aryl methyl sites for hydroxylation is 1. The van der Waals surface area contributed by atoms with E-state index < -0.39 is 11.6 Å². The molecule has 0 bridgehead atoms. The minimum absolute atomic E-state index is 0.0578. The Bertz CT molecular complexity index is 1460. The summed E-state index contributed by atoms with van der Waals surface area (Å²) < 4.78 is 11.9. The number of aromatic nitrogens is 2. The van der Waals surface area contributed by atoms with E-state index in [2.05, 4.69) is 53.5 Å². The van der Waals surface area contributed by atoms with Crippen LogP contribution in [0.5, 0.6) is 5.75 Å². The van der Waals surface area contributed by atoms with E-state index in [0.29, 0.717) is 36.2 Å². The Morgan fingerprint density at radius 1 is 1.00 bits per heavy atom. The summed E-state index contributed by atoms with van der Waals surface area (Å²) in [7, 11) is 0. The first-order valence-electron chi connectivity index (χ1n) is 15.3. The van der Waals surface area contributed by atoms with Gasteiger partial charge >= 0.3 is 5.97 Å². The van der Waals surface area contributed by atoms with Gasteiger partial charge in [-0.25, -0.2) is 14.8 Å². The molecule has 1 N–H and O–H groups in total. The van der Waals surface area contributed by atoms with Crippen molar-refractivity contribution in [2.45, 2.75) is 72.0 Å². The smallest absolute Gasteiger partial charge is 0.361 e. The average Bonchev–Trinajstić information content (AvgIpc) is 3.00. The number of aliphatic hydroxyl groups is 1. The van der Waals surface area contributed by atoms with Gasteiger partial charge in [0, 0.05) is 25.2 Å². The number of rotatable bonds is 9. The number of allylic oxidation sites excluding steroid dienone is 3. The maximum Gasteiger partial charge on any atom is 0.361 e. The average molecular weight is 582 g/mol. The quantitative estimate of drug-likeness (QED) is 0.272. The summed E-state index contributed by atoms with van der Waals surface area (Å²) in [5.41, 5.74) is 5.87. The zero-order chi connectivity index (χ0) is 30.4. The van der Waals surface area contributed by atoms with Crippen molar-refractivity contribution >= 4 is 11.7 Å². The van der Waals surface area contributed by atoms with Crippen LogP contribution in [0.15, 0.2) is 72.3 Å². The normalized spacial score (nSPS) is 15.7. The molecule has 226 valence electrons. The molecule has 1 aliphatic carbocycles. The van der Waals surface area contributed by atoms with Crippen molar-refractivity contribution in [2.75, 3.05) is 24.6 Å². The number of aliphatic hydroxyl groups excluding tert-OH is 1. The molecule has 0 amide bonds. The highest BCUT2D eigenvalue weighted by molar-refractivity contribution is 5.91. The number of anilines is 1. The van der Waals surface area contributed by atoms with E-state index >= 15 is 0 Å². The summed E-state index contributed by atoms with van der Waals surface area (Å²) in [6.45, 7) is 9.83. The van der Waals surface area contributed by atoms with Crippen LogP contribution in [0.25, 0.3) is 11.1 Å². The minimum atomic E-state index is -0.639. The Hall–Kier alpha value is -3.97. The standard InChI is InChI=1S/C36H43N3O4/c1-25-34(42-24-28-8-6-5-7-9-28)33(35(41)43-36(2,3)4)38-32(37-25)22-26-18-20-39(21-19-26)31-16-14-30(15-17-31)29-12-10-27(23-40)11-13-29/h5-6,8,10-17,26,40H,7,9,18-24H2,1-4H3. The van der Waals surface area contributed by atoms with E-state index in [1.54, 1.807) is 0 Å². The zero-order valence-corrected chi connectivity index (χ0v) is 25.8. The molecule has 2 aliphatic rings. The van der Waals surface area contributed by atoms with E-state index in [0.717, 1.165) is 55.5 Å². The Morgan fingerprint density at radius 3 is 2.28 bits per heavy atom. The third-order valence-corrected chi connectivity index (χ3v) is 7.96. The molecule has 7 heteroatoms. The van der Waals surface area contributed by atoms with Gasteiger partial charge in [-0.3, -0.25) is 0 Å². The molecular weight excluding hydrogens is 538 g/mol. The van der Waals surface area contributed by atoms with Crippen LogP contribution in [0.4, 0.5) is 5.69 Å². The second-order valence-corrected chi connectivity index (χ2v) is 12.5. The van der Waals surface area contributed by atoms with Crippen molar-refractivity contribution in [1.82, 2.24) is 9.97 Å². The van der Waals surface area contributed by atoms with Crippen molar-refractivity contribution < 1.29 is 19.4 Å². The van der Waals surface area contributed by atoms with E-state index in [-0.39, 0.29) is 12.3 Å². The molecule has 2 heterocycles. The van der Waals surface area contributed by atoms with Gasteiger partial charge in [0.1, 0.15) is 18.0 Å². The third-order valence-electron chi connectivity index (χ3n) is 7.96. The first-order valence-corrected chi connectivity index (χ1v) is 15.3. The lowest BCUT2D eigenvalue weighted by atomic mass is 9.92. The van der Waals surface area contributed by atoms with Crippen molar-refractivity contribution in [3.8, 4) is 16.9 Å². The Morgan fingerprint density at radius 2 is 1.67 bits per heavy atom. The Labute approximate surface area is 255 Å². The first kappa shape index (κ1) is 30.5. The van der Waals surface area contributed by atoms with Crippen LogP contribution in [0.3, 0.4) is 0 Å². The fraction of sp³-hybridized carbons (Fsp3) is 0.417. The predicted molar refractivity (Wildman–Crippen MR) is 170 cm³/mol. The molecular formula is C36H43N3O4. The number of ether oxygens (including phenoxy) is 2. The van der Waals surface area contributed by atoms with Gasteiger partial charge in [0.2, 0.25) is 0 Å². The molecule has 2 aromatic carbocycles. The van der Waals surface area contributed by atoms with Gasteiger partial charge in [-0.1, -0.05) is 54.6 Å². The fourth-order valence-corrected chi connectivity index (χ4v) is 5.61. The van der Waals surface area contributed by atoms with Crippen LogP contribution < -0.4 is 9.64 Å². The van der Waals surface area contributed by atoms with Gasteiger partial charge in [0.15, 0.2) is 11.4 Å². The highest BCUT2D eigenvalue weighted by atomic mass is 16.6. The van der Waals surface area contributed by atoms with E-state index in [9.17, 15) is 9.90 Å². The van der Waals surface area contributed by atoms with Gasteiger partial charge < -0.3 is 19.5 Å². The fourth-order valence-electron chi connectivity index (χ4n) is 5.61. The predicted octanol–water partition coefficient (Wildman–Crippen LogP) is 7.01. The lowest BCUT2D eigenvalue weighted by molar-refractivity contribution is 0.00578. The SMILES string of the molecule is Cc1nc(CC2CCN(c3ccc(-c4ccc(CO)cc4)cc3)CC2)nc(C(=O)OC(C)(C)C)c1OCC1=CC=CCC1. The lowest BCUT2D eigenvalue weighted by Crippen LogP contribution is -2.34. The van der Waals surface area contributed by atoms with E-state index in [1.807, 2.05) is 45.9 Å². The van der Waals surface area contributed by atoms with Crippen molar-refractivity contribution in [1.29, 1.82) is 0 Å². The third kappa shape index (κ3) is 8.11. The zero-order valence-electron chi connectivity index (χ0n) is 25.8. The molecule has 0 unspecified atom stereocenters. The van der Waals surface area contributed by atoms with E-state index in [4.69, 9.17) is 19.4 Å². The number of carbonyl (C=O) groups excluding carboxylic acids is 1. The molecule has 1 aromatic heterocycles. The summed E-state index contributed by atoms with van der Waals surface area (Å²) >= 11 is 0. The van der Waals surface area contributed by atoms with E-state index in [1.165, 1.54) is 11.3 Å². The Balaban J connectivity index is 1.24. The van der Waals surface area contributed by atoms with Gasteiger partial charge in [-0.2, -0.15) is 0 Å². The largest absolute Gasteiger partial charge is 0.485 e. The molecule has 1 fully saturated rings. The van der Waals surface area contributed by atoms with Crippen LogP contribution in [0, 0.1) is 12.8 Å². The number of esters is 1. The monoisotopic (exact) mass is 581 g/mol. The highest BCUT2D eigenvalue weighted by Gasteiger charge is 2.27. The number of piperidine rings is 1. The molecule has 7 nitrogen and oxygen atoms in total. The molecule has 5 rings (SSSR count). The summed E-state index contributed by atoms with van der Waals surface area (Å²) in [6, 6.07) is 16.7. The lowest BCUT2D eigenvalue weighted by Gasteiger charge is -2.33. The number of hydrogen-bond donors (Lipinski definition) is 1. The molecule has 3 aromatic rings. The summed E-state index contributed by atoms with van der Waals surface area (Å²) in [4.78, 5) is 25.2. The summed E-state index contributed by atoms with van der Waals surface area (Å²) in [6.07, 6.45) is 10.9. The number of benzene rings is 2. The van der Waals surface area contributed by atoms with Gasteiger partial charge in [0.05, 0.1) is 12.3 Å². The molecule has 43 heavy (non-hydrogen) atoms. The van der Waals surface area contributed by atoms with Crippen LogP contribution in [0.2, 0.25) is 0 Å². The minimum Gasteiger partial charge on any atom is -0.485 e. The summed E-state index contributed by atoms with van der Waals surface area (Å²) in [5, 5.41) is 9.30. The topological polar surface area (TPSA) is 84.8 Å². The highest BCUT2D eigenvalue weighted by Crippen LogP contribution is 2.30. The van der Waals surface area contributed by atoms with Crippen LogP contribution >= 0.6 is 0 Å². The maximum absolute atomic E-state index is 13.2.